The molecule has 2 heterocycles. The van der Waals surface area contributed by atoms with Gasteiger partial charge >= 0.3 is 0 Å². The Bertz CT molecular complexity index is 1130. The lowest BCUT2D eigenvalue weighted by molar-refractivity contribution is 0.0943. The highest BCUT2D eigenvalue weighted by molar-refractivity contribution is 7.98. The van der Waals surface area contributed by atoms with Gasteiger partial charge in [0.25, 0.3) is 5.91 Å². The van der Waals surface area contributed by atoms with Crippen molar-refractivity contribution in [3.05, 3.63) is 75.9 Å². The smallest absolute Gasteiger partial charge is 0.251 e. The summed E-state index contributed by atoms with van der Waals surface area (Å²) in [6.07, 6.45) is 0. The zero-order valence-electron chi connectivity index (χ0n) is 19.2. The molecule has 1 fully saturated rings. The van der Waals surface area contributed by atoms with Crippen molar-refractivity contribution in [2.24, 2.45) is 0 Å². The normalized spacial score (nSPS) is 13.9. The topological polar surface area (TPSA) is 61.4 Å². The van der Waals surface area contributed by atoms with Crippen molar-refractivity contribution in [1.29, 1.82) is 0 Å². The van der Waals surface area contributed by atoms with Crippen LogP contribution in [0, 0.1) is 0 Å². The summed E-state index contributed by atoms with van der Waals surface area (Å²) in [6, 6.07) is 17.5. The lowest BCUT2D eigenvalue weighted by atomic mass is 10.1. The van der Waals surface area contributed by atoms with Gasteiger partial charge in [-0.3, -0.25) is 4.79 Å². The van der Waals surface area contributed by atoms with Crippen molar-refractivity contribution in [3.8, 4) is 0 Å². The third-order valence-electron chi connectivity index (χ3n) is 5.44. The summed E-state index contributed by atoms with van der Waals surface area (Å²) in [4.78, 5) is 25.8. The first-order chi connectivity index (χ1) is 16.4. The minimum Gasteiger partial charge on any atom is -0.368 e. The van der Waals surface area contributed by atoms with E-state index in [1.807, 2.05) is 62.4 Å². The SMILES string of the molecule is CC(C)NC(=O)c1ccc(CSc2nc(Cl)cc(N3CCN(c4cccc(Cl)c4)CC3)n2)cc1. The van der Waals surface area contributed by atoms with Crippen LogP contribution in [0.4, 0.5) is 11.5 Å². The highest BCUT2D eigenvalue weighted by Gasteiger charge is 2.20. The molecule has 1 saturated heterocycles. The van der Waals surface area contributed by atoms with Gasteiger partial charge in [-0.2, -0.15) is 0 Å². The Kier molecular flexibility index (Phi) is 8.19. The molecule has 0 aliphatic carbocycles. The fraction of sp³-hybridized carbons (Fsp3) is 0.320. The Morgan fingerprint density at radius 1 is 1.00 bits per heavy atom. The molecule has 1 aliphatic rings. The van der Waals surface area contributed by atoms with Gasteiger partial charge in [-0.1, -0.05) is 53.2 Å². The number of aromatic nitrogens is 2. The largest absolute Gasteiger partial charge is 0.368 e. The molecule has 0 atom stereocenters. The van der Waals surface area contributed by atoms with Crippen LogP contribution in [-0.4, -0.2) is 48.1 Å². The van der Waals surface area contributed by atoms with Crippen LogP contribution in [-0.2, 0) is 5.75 Å². The van der Waals surface area contributed by atoms with Crippen molar-refractivity contribution in [3.63, 3.8) is 0 Å². The van der Waals surface area contributed by atoms with Gasteiger partial charge in [-0.25, -0.2) is 9.97 Å². The van der Waals surface area contributed by atoms with Crippen molar-refractivity contribution in [2.45, 2.75) is 30.8 Å². The number of rotatable bonds is 7. The summed E-state index contributed by atoms with van der Waals surface area (Å²) in [5.74, 6) is 1.47. The number of carbonyl (C=O) groups excluding carboxylic acids is 1. The van der Waals surface area contributed by atoms with E-state index >= 15 is 0 Å². The first-order valence-corrected chi connectivity index (χ1v) is 12.9. The highest BCUT2D eigenvalue weighted by atomic mass is 35.5. The molecule has 34 heavy (non-hydrogen) atoms. The number of anilines is 2. The molecule has 0 saturated carbocycles. The predicted molar refractivity (Wildman–Crippen MR) is 142 cm³/mol. The van der Waals surface area contributed by atoms with Crippen LogP contribution in [0.2, 0.25) is 10.2 Å². The molecule has 4 rings (SSSR count). The molecule has 6 nitrogen and oxygen atoms in total. The fourth-order valence-electron chi connectivity index (χ4n) is 3.72. The van der Waals surface area contributed by atoms with Crippen LogP contribution < -0.4 is 15.1 Å². The van der Waals surface area contributed by atoms with Gasteiger partial charge in [-0.15, -0.1) is 0 Å². The second-order valence-electron chi connectivity index (χ2n) is 8.40. The number of thioether (sulfide) groups is 1. The number of amides is 1. The summed E-state index contributed by atoms with van der Waals surface area (Å²) >= 11 is 14.0. The second-order valence-corrected chi connectivity index (χ2v) is 10.2. The van der Waals surface area contributed by atoms with Crippen LogP contribution in [0.5, 0.6) is 0 Å². The number of benzene rings is 2. The van der Waals surface area contributed by atoms with E-state index < -0.39 is 0 Å². The number of halogens is 2. The maximum Gasteiger partial charge on any atom is 0.251 e. The van der Waals surface area contributed by atoms with Gasteiger partial charge in [-0.05, 0) is 49.7 Å². The molecule has 2 aromatic carbocycles. The molecule has 0 radical (unpaired) electrons. The van der Waals surface area contributed by atoms with E-state index in [0.29, 0.717) is 21.6 Å². The number of nitrogens with zero attached hydrogens (tertiary/aromatic N) is 4. The summed E-state index contributed by atoms with van der Waals surface area (Å²) in [5, 5.41) is 4.73. The van der Waals surface area contributed by atoms with Crippen molar-refractivity contribution < 1.29 is 4.79 Å². The third-order valence-corrected chi connectivity index (χ3v) is 6.79. The quantitative estimate of drug-likeness (QED) is 0.253. The average Bonchev–Trinajstić information content (AvgIpc) is 2.82. The predicted octanol–water partition coefficient (Wildman–Crippen LogP) is 5.54. The Morgan fingerprint density at radius 3 is 2.38 bits per heavy atom. The number of piperazine rings is 1. The monoisotopic (exact) mass is 515 g/mol. The van der Waals surface area contributed by atoms with Crippen LogP contribution in [0.3, 0.4) is 0 Å². The number of carbonyl (C=O) groups is 1. The molecule has 9 heteroatoms. The molecule has 0 unspecified atom stereocenters. The van der Waals surface area contributed by atoms with Gasteiger partial charge < -0.3 is 15.1 Å². The molecule has 3 aromatic rings. The van der Waals surface area contributed by atoms with Crippen LogP contribution >= 0.6 is 35.0 Å². The Morgan fingerprint density at radius 2 is 1.71 bits per heavy atom. The van der Waals surface area contributed by atoms with Crippen LogP contribution in [0.1, 0.15) is 29.8 Å². The second kappa shape index (κ2) is 11.3. The molecular formula is C25H27Cl2N5OS. The van der Waals surface area contributed by atoms with Gasteiger partial charge in [0, 0.05) is 60.3 Å². The Labute approximate surface area is 214 Å². The first kappa shape index (κ1) is 24.6. The third kappa shape index (κ3) is 6.56. The lowest BCUT2D eigenvalue weighted by Crippen LogP contribution is -2.46. The van der Waals surface area contributed by atoms with Crippen molar-refractivity contribution >= 4 is 52.4 Å². The van der Waals surface area contributed by atoms with E-state index in [2.05, 4.69) is 26.2 Å². The highest BCUT2D eigenvalue weighted by Crippen LogP contribution is 2.27. The van der Waals surface area contributed by atoms with Crippen LogP contribution in [0.15, 0.2) is 59.8 Å². The standard InChI is InChI=1S/C25H27Cl2N5OS/c1-17(2)28-24(33)19-8-6-18(7-9-19)16-34-25-29-22(27)15-23(30-25)32-12-10-31(11-13-32)21-5-3-4-20(26)14-21/h3-9,14-15,17H,10-13,16H2,1-2H3,(H,28,33). The Balaban J connectivity index is 1.36. The Hall–Kier alpha value is -2.48. The molecule has 1 amide bonds. The molecule has 1 aromatic heterocycles. The number of hydrogen-bond donors (Lipinski definition) is 1. The average molecular weight is 516 g/mol. The first-order valence-electron chi connectivity index (χ1n) is 11.2. The lowest BCUT2D eigenvalue weighted by Gasteiger charge is -2.36. The van der Waals surface area contributed by atoms with Gasteiger partial charge in [0.1, 0.15) is 11.0 Å². The summed E-state index contributed by atoms with van der Waals surface area (Å²) in [7, 11) is 0. The zero-order chi connectivity index (χ0) is 24.1. The van der Waals surface area contributed by atoms with E-state index in [1.54, 1.807) is 0 Å². The van der Waals surface area contributed by atoms with Crippen molar-refractivity contribution in [2.75, 3.05) is 36.0 Å². The van der Waals surface area contributed by atoms with Gasteiger partial charge in [0.05, 0.1) is 0 Å². The van der Waals surface area contributed by atoms with Crippen LogP contribution in [0.25, 0.3) is 0 Å². The molecule has 0 spiro atoms. The molecular weight excluding hydrogens is 489 g/mol. The van der Waals surface area contributed by atoms with E-state index in [1.165, 1.54) is 11.8 Å². The maximum atomic E-state index is 12.1. The minimum atomic E-state index is -0.0625. The van der Waals surface area contributed by atoms with Crippen molar-refractivity contribution in [1.82, 2.24) is 15.3 Å². The number of nitrogens with one attached hydrogen (secondary N) is 1. The van der Waals surface area contributed by atoms with E-state index in [4.69, 9.17) is 28.2 Å². The van der Waals surface area contributed by atoms with E-state index in [9.17, 15) is 4.79 Å². The van der Waals surface area contributed by atoms with Gasteiger partial charge in [0.15, 0.2) is 5.16 Å². The minimum absolute atomic E-state index is 0.0625. The zero-order valence-corrected chi connectivity index (χ0v) is 21.5. The summed E-state index contributed by atoms with van der Waals surface area (Å²) in [5.41, 5.74) is 2.88. The number of hydrogen-bond acceptors (Lipinski definition) is 6. The molecule has 1 aliphatic heterocycles. The maximum absolute atomic E-state index is 12.1. The van der Waals surface area contributed by atoms with E-state index in [-0.39, 0.29) is 11.9 Å². The molecule has 178 valence electrons. The van der Waals surface area contributed by atoms with Gasteiger partial charge in [0.2, 0.25) is 0 Å². The summed E-state index contributed by atoms with van der Waals surface area (Å²) < 4.78 is 0. The summed E-state index contributed by atoms with van der Waals surface area (Å²) in [6.45, 7) is 7.32. The van der Waals surface area contributed by atoms with E-state index in [0.717, 1.165) is 48.3 Å². The fourth-order valence-corrected chi connectivity index (χ4v) is 4.95. The molecule has 0 bridgehead atoms. The molecule has 1 N–H and O–H groups in total.